The first kappa shape index (κ1) is 11.5. The summed E-state index contributed by atoms with van der Waals surface area (Å²) in [4.78, 5) is 0. The van der Waals surface area contributed by atoms with Gasteiger partial charge < -0.3 is 0 Å². The third-order valence-electron chi connectivity index (χ3n) is 1.61. The summed E-state index contributed by atoms with van der Waals surface area (Å²) in [5, 5.41) is 0.822. The highest BCUT2D eigenvalue weighted by Crippen LogP contribution is 2.21. The fraction of sp³-hybridized carbons (Fsp3) is 0.455. The second kappa shape index (κ2) is 5.21. The van der Waals surface area contributed by atoms with E-state index in [0.29, 0.717) is 0 Å². The first-order valence-electron chi connectivity index (χ1n) is 4.18. The van der Waals surface area contributed by atoms with Gasteiger partial charge in [0.15, 0.2) is 0 Å². The second-order valence-electron chi connectivity index (χ2n) is 3.13. The Kier molecular flexibility index (Phi) is 5.00. The molecule has 68 valence electrons. The zero-order valence-electron chi connectivity index (χ0n) is 8.37. The Morgan fingerprint density at radius 2 is 1.83 bits per heavy atom. The quantitative estimate of drug-likeness (QED) is 0.570. The van der Waals surface area contributed by atoms with Gasteiger partial charge in [-0.25, -0.2) is 0 Å². The first-order valence-corrected chi connectivity index (χ1v) is 4.56. The Bertz CT molecular complexity index is 223. The molecule has 0 unspecified atom stereocenters. The molecule has 0 heterocycles. The van der Waals surface area contributed by atoms with Crippen LogP contribution in [0.3, 0.4) is 0 Å². The minimum absolute atomic E-state index is 0.822. The molecule has 0 bridgehead atoms. The second-order valence-corrected chi connectivity index (χ2v) is 3.69. The molecule has 0 aromatic carbocycles. The summed E-state index contributed by atoms with van der Waals surface area (Å²) in [6.07, 6.45) is 3.03. The van der Waals surface area contributed by atoms with Crippen molar-refractivity contribution >= 4 is 11.6 Å². The van der Waals surface area contributed by atoms with Crippen molar-refractivity contribution in [3.8, 4) is 0 Å². The Labute approximate surface area is 80.6 Å². The van der Waals surface area contributed by atoms with Crippen molar-refractivity contribution in [1.82, 2.24) is 0 Å². The zero-order valence-corrected chi connectivity index (χ0v) is 9.13. The molecule has 0 saturated heterocycles. The number of hydrogen-bond acceptors (Lipinski definition) is 0. The molecule has 0 saturated carbocycles. The maximum absolute atomic E-state index is 5.94. The average molecular weight is 185 g/mol. The third kappa shape index (κ3) is 3.77. The van der Waals surface area contributed by atoms with Gasteiger partial charge in [-0.15, -0.1) is 0 Å². The molecule has 0 aliphatic rings. The summed E-state index contributed by atoms with van der Waals surface area (Å²) < 4.78 is 0. The van der Waals surface area contributed by atoms with E-state index in [1.807, 2.05) is 6.92 Å². The lowest BCUT2D eigenvalue weighted by atomic mass is 10.0. The summed E-state index contributed by atoms with van der Waals surface area (Å²) in [6, 6.07) is 0. The van der Waals surface area contributed by atoms with Gasteiger partial charge in [0.25, 0.3) is 0 Å². The molecule has 0 aliphatic carbocycles. The van der Waals surface area contributed by atoms with Gasteiger partial charge in [0.2, 0.25) is 0 Å². The van der Waals surface area contributed by atoms with E-state index in [1.54, 1.807) is 0 Å². The summed E-state index contributed by atoms with van der Waals surface area (Å²) in [5.74, 6) is 0. The van der Waals surface area contributed by atoms with E-state index in [-0.39, 0.29) is 0 Å². The van der Waals surface area contributed by atoms with Crippen LogP contribution in [0.25, 0.3) is 0 Å². The lowest BCUT2D eigenvalue weighted by molar-refractivity contribution is 1.12. The lowest BCUT2D eigenvalue weighted by Crippen LogP contribution is -1.86. The van der Waals surface area contributed by atoms with Crippen molar-refractivity contribution in [2.45, 2.75) is 34.1 Å². The number of rotatable bonds is 3. The van der Waals surface area contributed by atoms with Gasteiger partial charge >= 0.3 is 0 Å². The van der Waals surface area contributed by atoms with Crippen molar-refractivity contribution < 1.29 is 0 Å². The zero-order chi connectivity index (χ0) is 9.72. The maximum Gasteiger partial charge on any atom is 0.0224 e. The Hall–Kier alpha value is -0.490. The predicted molar refractivity (Wildman–Crippen MR) is 57.4 cm³/mol. The van der Waals surface area contributed by atoms with E-state index in [1.165, 1.54) is 5.57 Å². The molecule has 12 heavy (non-hydrogen) atoms. The van der Waals surface area contributed by atoms with E-state index in [2.05, 4.69) is 33.4 Å². The fourth-order valence-corrected chi connectivity index (χ4v) is 1.11. The molecule has 0 atom stereocenters. The molecular formula is C11H17Cl. The van der Waals surface area contributed by atoms with Crippen molar-refractivity contribution in [2.24, 2.45) is 0 Å². The normalized spacial score (nSPS) is 12.1. The highest BCUT2D eigenvalue weighted by atomic mass is 35.5. The molecule has 0 aromatic heterocycles. The van der Waals surface area contributed by atoms with Gasteiger partial charge in [0.05, 0.1) is 0 Å². The van der Waals surface area contributed by atoms with Crippen LogP contribution in [0, 0.1) is 0 Å². The average Bonchev–Trinajstić information content (AvgIpc) is 1.98. The molecule has 0 fully saturated rings. The fourth-order valence-electron chi connectivity index (χ4n) is 0.924. The number of halogens is 1. The standard InChI is InChI=1S/C11H17Cl/c1-6-9(4)11(10(5)12)7-8(2)3/h7H,4,6H2,1-3,5H3/b11-10-. The lowest BCUT2D eigenvalue weighted by Gasteiger charge is -2.05. The van der Waals surface area contributed by atoms with Crippen molar-refractivity contribution in [3.63, 3.8) is 0 Å². The Morgan fingerprint density at radius 3 is 2.08 bits per heavy atom. The molecule has 0 aliphatic heterocycles. The topological polar surface area (TPSA) is 0 Å². The molecule has 0 amide bonds. The van der Waals surface area contributed by atoms with Crippen LogP contribution in [0.2, 0.25) is 0 Å². The highest BCUT2D eigenvalue weighted by molar-refractivity contribution is 6.30. The first-order chi connectivity index (χ1) is 5.49. The molecule has 0 aromatic rings. The summed E-state index contributed by atoms with van der Waals surface area (Å²) in [6.45, 7) is 12.1. The molecule has 0 N–H and O–H groups in total. The summed E-state index contributed by atoms with van der Waals surface area (Å²) in [5.41, 5.74) is 3.43. The van der Waals surface area contributed by atoms with Gasteiger partial charge in [0, 0.05) is 5.03 Å². The molecule has 0 spiro atoms. The van der Waals surface area contributed by atoms with Crippen LogP contribution in [-0.4, -0.2) is 0 Å². The number of hydrogen-bond donors (Lipinski definition) is 0. The van der Waals surface area contributed by atoms with Crippen LogP contribution >= 0.6 is 11.6 Å². The van der Waals surface area contributed by atoms with Crippen LogP contribution in [0.4, 0.5) is 0 Å². The predicted octanol–water partition coefficient (Wildman–Crippen LogP) is 4.43. The minimum atomic E-state index is 0.822. The molecule has 0 rings (SSSR count). The number of allylic oxidation sites excluding steroid dienone is 5. The molecule has 0 nitrogen and oxygen atoms in total. The van der Waals surface area contributed by atoms with E-state index < -0.39 is 0 Å². The largest absolute Gasteiger partial charge is 0.0952 e. The van der Waals surface area contributed by atoms with Crippen LogP contribution in [0.5, 0.6) is 0 Å². The van der Waals surface area contributed by atoms with E-state index in [0.717, 1.165) is 22.6 Å². The van der Waals surface area contributed by atoms with Gasteiger partial charge in [-0.1, -0.05) is 36.8 Å². The monoisotopic (exact) mass is 184 g/mol. The Morgan fingerprint density at radius 1 is 1.33 bits per heavy atom. The SMILES string of the molecule is C=C(CC)/C(C=C(C)C)=C(/C)Cl. The smallest absolute Gasteiger partial charge is 0.0224 e. The minimum Gasteiger partial charge on any atom is -0.0952 e. The van der Waals surface area contributed by atoms with Crippen LogP contribution in [-0.2, 0) is 0 Å². The van der Waals surface area contributed by atoms with Gasteiger partial charge in [-0.2, -0.15) is 0 Å². The molecule has 0 radical (unpaired) electrons. The third-order valence-corrected chi connectivity index (χ3v) is 1.82. The van der Waals surface area contributed by atoms with Gasteiger partial charge in [-0.3, -0.25) is 0 Å². The van der Waals surface area contributed by atoms with Crippen molar-refractivity contribution in [3.05, 3.63) is 34.4 Å². The van der Waals surface area contributed by atoms with Crippen LogP contribution in [0.1, 0.15) is 34.1 Å². The maximum atomic E-state index is 5.94. The Balaban J connectivity index is 4.84. The molecule has 1 heteroatoms. The molecular weight excluding hydrogens is 168 g/mol. The van der Waals surface area contributed by atoms with Crippen LogP contribution < -0.4 is 0 Å². The van der Waals surface area contributed by atoms with E-state index in [9.17, 15) is 0 Å². The summed E-state index contributed by atoms with van der Waals surface area (Å²) in [7, 11) is 0. The van der Waals surface area contributed by atoms with E-state index in [4.69, 9.17) is 11.6 Å². The van der Waals surface area contributed by atoms with Crippen molar-refractivity contribution in [1.29, 1.82) is 0 Å². The van der Waals surface area contributed by atoms with Crippen LogP contribution in [0.15, 0.2) is 34.4 Å². The van der Waals surface area contributed by atoms with E-state index >= 15 is 0 Å². The summed E-state index contributed by atoms with van der Waals surface area (Å²) >= 11 is 5.94. The van der Waals surface area contributed by atoms with Gasteiger partial charge in [-0.05, 0) is 38.3 Å². The van der Waals surface area contributed by atoms with Gasteiger partial charge in [0.1, 0.15) is 0 Å². The van der Waals surface area contributed by atoms with Crippen molar-refractivity contribution in [2.75, 3.05) is 0 Å². The highest BCUT2D eigenvalue weighted by Gasteiger charge is 2.00.